The molecule has 6 N–H and O–H groups in total. The lowest BCUT2D eigenvalue weighted by atomic mass is 9.84. The van der Waals surface area contributed by atoms with Crippen molar-refractivity contribution < 1.29 is 37.8 Å². The fourth-order valence-electron chi connectivity index (χ4n) is 12.2. The molecule has 6 aromatic heterocycles. The molecule has 2 aliphatic rings. The molecule has 524 valence electrons. The Morgan fingerprint density at radius 3 is 1.48 bits per heavy atom. The third-order valence-electron chi connectivity index (χ3n) is 17.2. The summed E-state index contributed by atoms with van der Waals surface area (Å²) in [6.07, 6.45) is 0. The Morgan fingerprint density at radius 2 is 1.08 bits per heavy atom. The van der Waals surface area contributed by atoms with E-state index in [1.54, 1.807) is 14.2 Å². The molecule has 0 saturated carbocycles. The number of hydrogen-bond donors (Lipinski definition) is 5. The molecule has 0 radical (unpaired) electrons. The third kappa shape index (κ3) is 16.6. The van der Waals surface area contributed by atoms with Crippen LogP contribution in [0.1, 0.15) is 102 Å². The first kappa shape index (κ1) is 74.8. The van der Waals surface area contributed by atoms with E-state index in [1.807, 2.05) is 82.8 Å². The number of methoxy groups -OCH3 is 2. The van der Waals surface area contributed by atoms with Crippen LogP contribution in [-0.2, 0) is 10.8 Å². The normalized spacial score (nSPS) is 13.5. The summed E-state index contributed by atoms with van der Waals surface area (Å²) in [5.41, 5.74) is 21.0. The molecule has 2 amide bonds. The van der Waals surface area contributed by atoms with Crippen molar-refractivity contribution in [2.45, 2.75) is 109 Å². The summed E-state index contributed by atoms with van der Waals surface area (Å²) in [4.78, 5) is 65.9. The minimum Gasteiger partial charge on any atom is -0.496 e. The number of carbonyl (C=O) groups is 2. The highest BCUT2D eigenvalue weighted by Crippen LogP contribution is 2.45. The standard InChI is InChI=1S/C33H39N7O3.C27H29N5O2.C7H4ClNO4.C5H12N2.2CH4/c1-18-28(19(2)43-38-18)23-16-26-22(17-27(23)42-8)29-30(34-20(3)35-31(29)36-26)21-9-10-25(24(15-21)33(4,5)6)37-32(41)40-13-11-39(7)12-14-40;1-13-23(14(2)34-32-13)18-11-21-17(12-22(18)33-7)24-25(29-15(3)30-26(24)31-21)16-8-9-20(28)19(10-16)27(4,5)6;8-7(10)13-6-3-1-5(2-4-6)9(11)12;1-7-4-2-6-3-5-7;;/h9-10,15-17H,11-14H2,1-8H3,(H,37,41)(H,34,35,36);8-12H,28H2,1-7H3,(H,29,30,31);1-4H;6H,2-5H2,1H3;2*1H4. The molecule has 0 bridgehead atoms. The highest BCUT2D eigenvalue weighted by Gasteiger charge is 2.28. The van der Waals surface area contributed by atoms with Crippen molar-refractivity contribution in [3.63, 3.8) is 0 Å². The van der Waals surface area contributed by atoms with Crippen LogP contribution in [0.25, 0.3) is 88.6 Å². The maximum atomic E-state index is 13.2. The third-order valence-corrected chi connectivity index (χ3v) is 17.3. The van der Waals surface area contributed by atoms with E-state index in [0.717, 1.165) is 166 Å². The number of urea groups is 1. The van der Waals surface area contributed by atoms with Gasteiger partial charge >= 0.3 is 11.5 Å². The van der Waals surface area contributed by atoms with Crippen molar-refractivity contribution in [2.75, 3.05) is 91.7 Å². The van der Waals surface area contributed by atoms with E-state index in [1.165, 1.54) is 37.4 Å². The van der Waals surface area contributed by atoms with Gasteiger partial charge in [-0.25, -0.2) is 29.5 Å². The zero-order valence-electron chi connectivity index (χ0n) is 57.8. The summed E-state index contributed by atoms with van der Waals surface area (Å²) >= 11 is 4.92. The number of carbonyl (C=O) groups excluding carboxylic acids is 2. The van der Waals surface area contributed by atoms with Crippen molar-refractivity contribution in [3.8, 4) is 62.0 Å². The summed E-state index contributed by atoms with van der Waals surface area (Å²) in [5.74, 6) is 4.47. The zero-order chi connectivity index (χ0) is 69.9. The Labute approximate surface area is 582 Å². The van der Waals surface area contributed by atoms with Crippen LogP contribution >= 0.6 is 11.6 Å². The molecular formula is C74H92ClN15O9. The summed E-state index contributed by atoms with van der Waals surface area (Å²) in [6, 6.07) is 25.5. The Morgan fingerprint density at radius 1 is 0.626 bits per heavy atom. The first-order valence-electron chi connectivity index (χ1n) is 31.9. The number of nitrogens with one attached hydrogen (secondary N) is 4. The van der Waals surface area contributed by atoms with Gasteiger partial charge in [0, 0.05) is 132 Å². The molecule has 2 saturated heterocycles. The number of nitro benzene ring substituents is 1. The second-order valence-electron chi connectivity index (χ2n) is 26.5. The number of non-ortho nitro benzene ring substituents is 1. The number of nitro groups is 1. The van der Waals surface area contributed by atoms with Gasteiger partial charge in [-0.2, -0.15) is 0 Å². The Kier molecular flexibility index (Phi) is 23.3. The number of aryl methyl sites for hydroxylation is 6. The van der Waals surface area contributed by atoms with Crippen LogP contribution in [0, 0.1) is 51.7 Å². The van der Waals surface area contributed by atoms with Crippen molar-refractivity contribution in [1.29, 1.82) is 0 Å². The highest BCUT2D eigenvalue weighted by molar-refractivity contribution is 6.61. The highest BCUT2D eigenvalue weighted by atomic mass is 35.5. The van der Waals surface area contributed by atoms with Crippen molar-refractivity contribution >= 4 is 84.0 Å². The van der Waals surface area contributed by atoms with E-state index in [4.69, 9.17) is 55.8 Å². The number of H-pyrrole nitrogens is 2. The minimum absolute atomic E-state index is 0. The Bertz CT molecular complexity index is 4700. The van der Waals surface area contributed by atoms with Crippen LogP contribution in [0.5, 0.6) is 17.2 Å². The smallest absolute Gasteiger partial charge is 0.409 e. The van der Waals surface area contributed by atoms with Crippen LogP contribution in [-0.4, -0.2) is 152 Å². The molecule has 0 aliphatic carbocycles. The Hall–Kier alpha value is -10.0. The van der Waals surface area contributed by atoms with Crippen LogP contribution in [0.4, 0.5) is 26.7 Å². The van der Waals surface area contributed by atoms with Crippen LogP contribution in [0.15, 0.2) is 94.0 Å². The molecule has 5 aromatic carbocycles. The predicted octanol–water partition coefficient (Wildman–Crippen LogP) is 15.8. The van der Waals surface area contributed by atoms with Crippen LogP contribution < -0.4 is 30.6 Å². The fraction of sp³-hybridized carbons (Fsp3) is 0.378. The molecular weight excluding hydrogens is 1280 g/mol. The number of nitrogens with zero attached hydrogens (tertiary/aromatic N) is 10. The van der Waals surface area contributed by atoms with Crippen molar-refractivity contribution in [2.24, 2.45) is 0 Å². The van der Waals surface area contributed by atoms with Gasteiger partial charge in [0.05, 0.1) is 63.8 Å². The number of halogens is 1. The quantitative estimate of drug-likeness (QED) is 0.0388. The van der Waals surface area contributed by atoms with Gasteiger partial charge in [0.2, 0.25) is 0 Å². The average Bonchev–Trinajstić information content (AvgIpc) is 1.62. The van der Waals surface area contributed by atoms with Gasteiger partial charge < -0.3 is 64.3 Å². The fourth-order valence-corrected chi connectivity index (χ4v) is 12.3. The molecule has 11 aromatic rings. The van der Waals surface area contributed by atoms with Crippen LogP contribution in [0.3, 0.4) is 0 Å². The monoisotopic (exact) mass is 1370 g/mol. The molecule has 24 nitrogen and oxygen atoms in total. The first-order valence-corrected chi connectivity index (χ1v) is 32.3. The number of hydrogen-bond acceptors (Lipinski definition) is 19. The second-order valence-corrected chi connectivity index (χ2v) is 26.8. The number of ether oxygens (including phenoxy) is 3. The molecule has 13 rings (SSSR count). The van der Waals surface area contributed by atoms with Gasteiger partial charge in [-0.3, -0.25) is 10.1 Å². The lowest BCUT2D eigenvalue weighted by Gasteiger charge is -2.33. The van der Waals surface area contributed by atoms with E-state index in [-0.39, 0.29) is 43.2 Å². The summed E-state index contributed by atoms with van der Waals surface area (Å²) in [7, 11) is 7.58. The summed E-state index contributed by atoms with van der Waals surface area (Å²) in [5, 5.41) is 28.8. The number of anilines is 2. The molecule has 0 atom stereocenters. The lowest BCUT2D eigenvalue weighted by molar-refractivity contribution is -0.384. The van der Waals surface area contributed by atoms with Crippen LogP contribution in [0.2, 0.25) is 0 Å². The Balaban J connectivity index is 0.000000197. The van der Waals surface area contributed by atoms with Gasteiger partial charge in [0.1, 0.15) is 51.7 Å². The van der Waals surface area contributed by atoms with Gasteiger partial charge in [-0.15, -0.1) is 0 Å². The van der Waals surface area contributed by atoms with Gasteiger partial charge in [0.25, 0.3) is 5.69 Å². The zero-order valence-corrected chi connectivity index (χ0v) is 58.6. The van der Waals surface area contributed by atoms with Gasteiger partial charge in [-0.1, -0.05) is 78.8 Å². The van der Waals surface area contributed by atoms with E-state index in [9.17, 15) is 19.7 Å². The molecule has 99 heavy (non-hydrogen) atoms. The number of likely N-dealkylation sites (N-methyl/N-ethyl adjacent to an activating group) is 2. The number of piperazine rings is 2. The molecule has 2 fully saturated rings. The molecule has 0 spiro atoms. The van der Waals surface area contributed by atoms with E-state index in [2.05, 4.69) is 125 Å². The predicted molar refractivity (Wildman–Crippen MR) is 395 cm³/mol. The van der Waals surface area contributed by atoms with Crippen molar-refractivity contribution in [3.05, 3.63) is 141 Å². The second kappa shape index (κ2) is 30.8. The van der Waals surface area contributed by atoms with Crippen molar-refractivity contribution in [1.82, 2.24) is 60.2 Å². The van der Waals surface area contributed by atoms with E-state index < -0.39 is 10.4 Å². The molecule has 2 aliphatic heterocycles. The maximum absolute atomic E-state index is 13.2. The molecule has 8 heterocycles. The number of benzene rings is 5. The molecule has 0 unspecified atom stereocenters. The number of nitrogen functional groups attached to an aromatic ring is 1. The average molecular weight is 1370 g/mol. The largest absolute Gasteiger partial charge is 0.496 e. The number of fused-ring (bicyclic) bond motifs is 6. The van der Waals surface area contributed by atoms with E-state index in [0.29, 0.717) is 30.5 Å². The maximum Gasteiger partial charge on any atom is 0.409 e. The lowest BCUT2D eigenvalue weighted by Crippen LogP contribution is -2.48. The van der Waals surface area contributed by atoms with E-state index >= 15 is 0 Å². The summed E-state index contributed by atoms with van der Waals surface area (Å²) in [6.45, 7) is 32.4. The molecule has 25 heteroatoms. The number of rotatable bonds is 9. The topological polar surface area (TPSA) is 300 Å². The number of nitrogens with two attached hydrogens (primary N) is 1. The van der Waals surface area contributed by atoms with Gasteiger partial charge in [0.15, 0.2) is 0 Å². The minimum atomic E-state index is -0.978. The SMILES string of the molecule is C.C.CN1CCNCC1.COc1cc2c(cc1-c1c(C)noc1C)[nH]c1nc(C)nc(-c3ccc(N)c(C(C)(C)C)c3)c12.COc1cc2c(cc1-c1c(C)noc1C)[nH]c1nc(C)nc(-c3ccc(NC(=O)N4CCN(C)CC4)c(C(C)(C)C)c3)c12.O=C(Cl)Oc1ccc([N+](=O)[O-])cc1. The number of aromatic amines is 2. The van der Waals surface area contributed by atoms with Gasteiger partial charge in [-0.05, 0) is 138 Å². The number of aromatic nitrogens is 8. The number of amides is 2. The summed E-state index contributed by atoms with van der Waals surface area (Å²) < 4.78 is 27.0. The first-order chi connectivity index (χ1) is 46.0.